The molecule has 0 aliphatic carbocycles. The number of amides is 1. The maximum atomic E-state index is 12.4. The van der Waals surface area contributed by atoms with Crippen LogP contribution in [0.4, 0.5) is 0 Å². The molecule has 0 bridgehead atoms. The van der Waals surface area contributed by atoms with E-state index in [2.05, 4.69) is 29.1 Å². The number of aryl methyl sites for hydroxylation is 1. The number of H-pyrrole nitrogens is 1. The fraction of sp³-hybridized carbons (Fsp3) is 0.444. The van der Waals surface area contributed by atoms with Gasteiger partial charge in [0.2, 0.25) is 0 Å². The molecule has 0 radical (unpaired) electrons. The summed E-state index contributed by atoms with van der Waals surface area (Å²) in [4.78, 5) is 19.9. The summed E-state index contributed by atoms with van der Waals surface area (Å²) in [6.45, 7) is 8.38. The molecule has 1 atom stereocenters. The third kappa shape index (κ3) is 4.20. The van der Waals surface area contributed by atoms with Crippen molar-refractivity contribution in [3.8, 4) is 0 Å². The topological polar surface area (TPSA) is 57.8 Å². The molecular formula is C18H25N3O. The molecule has 0 spiro atoms. The monoisotopic (exact) mass is 299 g/mol. The average molecular weight is 299 g/mol. The van der Waals surface area contributed by atoms with Crippen molar-refractivity contribution in [3.05, 3.63) is 53.1 Å². The molecule has 118 valence electrons. The van der Waals surface area contributed by atoms with E-state index in [1.54, 1.807) is 6.20 Å². The summed E-state index contributed by atoms with van der Waals surface area (Å²) < 4.78 is 0. The summed E-state index contributed by atoms with van der Waals surface area (Å²) in [5.74, 6) is 1.37. The molecule has 1 aromatic carbocycles. The Kier molecular flexibility index (Phi) is 5.36. The molecule has 2 aromatic rings. The SMILES string of the molecule is CCC(NC(=O)c1ccc(CC(C)C)cc1)c1ncc(C)[nH]1. The van der Waals surface area contributed by atoms with E-state index in [1.807, 2.05) is 38.1 Å². The summed E-state index contributed by atoms with van der Waals surface area (Å²) in [7, 11) is 0. The van der Waals surface area contributed by atoms with Gasteiger partial charge in [-0.15, -0.1) is 0 Å². The first-order valence-electron chi connectivity index (χ1n) is 7.91. The first-order valence-corrected chi connectivity index (χ1v) is 7.91. The number of nitrogens with zero attached hydrogens (tertiary/aromatic N) is 1. The predicted octanol–water partition coefficient (Wildman–Crippen LogP) is 3.80. The van der Waals surface area contributed by atoms with Crippen LogP contribution in [0.5, 0.6) is 0 Å². The Morgan fingerprint density at radius 1 is 1.27 bits per heavy atom. The van der Waals surface area contributed by atoms with Crippen molar-refractivity contribution in [2.75, 3.05) is 0 Å². The molecule has 0 aliphatic heterocycles. The molecule has 0 saturated carbocycles. The van der Waals surface area contributed by atoms with Gasteiger partial charge in [0.25, 0.3) is 5.91 Å². The van der Waals surface area contributed by atoms with E-state index < -0.39 is 0 Å². The average Bonchev–Trinajstić information content (AvgIpc) is 2.91. The minimum absolute atomic E-state index is 0.0583. The molecule has 2 N–H and O–H groups in total. The first-order chi connectivity index (χ1) is 10.5. The van der Waals surface area contributed by atoms with E-state index >= 15 is 0 Å². The highest BCUT2D eigenvalue weighted by Gasteiger charge is 2.16. The minimum Gasteiger partial charge on any atom is -0.344 e. The van der Waals surface area contributed by atoms with Gasteiger partial charge in [0.05, 0.1) is 6.04 Å². The zero-order valence-electron chi connectivity index (χ0n) is 13.8. The Balaban J connectivity index is 2.04. The Hall–Kier alpha value is -2.10. The molecule has 1 heterocycles. The summed E-state index contributed by atoms with van der Waals surface area (Å²) in [6.07, 6.45) is 3.61. The number of aromatic amines is 1. The Morgan fingerprint density at radius 3 is 2.45 bits per heavy atom. The fourth-order valence-corrected chi connectivity index (χ4v) is 2.48. The van der Waals surface area contributed by atoms with E-state index in [0.717, 1.165) is 24.4 Å². The largest absolute Gasteiger partial charge is 0.344 e. The third-order valence-corrected chi connectivity index (χ3v) is 3.63. The molecule has 1 unspecified atom stereocenters. The smallest absolute Gasteiger partial charge is 0.251 e. The second-order valence-electron chi connectivity index (χ2n) is 6.18. The van der Waals surface area contributed by atoms with Crippen LogP contribution in [-0.2, 0) is 6.42 Å². The fourth-order valence-electron chi connectivity index (χ4n) is 2.48. The third-order valence-electron chi connectivity index (χ3n) is 3.63. The molecular weight excluding hydrogens is 274 g/mol. The second-order valence-corrected chi connectivity index (χ2v) is 6.18. The van der Waals surface area contributed by atoms with Gasteiger partial charge in [0, 0.05) is 17.5 Å². The van der Waals surface area contributed by atoms with Gasteiger partial charge < -0.3 is 10.3 Å². The second kappa shape index (κ2) is 7.25. The lowest BCUT2D eigenvalue weighted by Crippen LogP contribution is -2.28. The van der Waals surface area contributed by atoms with E-state index in [9.17, 15) is 4.79 Å². The van der Waals surface area contributed by atoms with Crippen LogP contribution in [-0.4, -0.2) is 15.9 Å². The molecule has 4 nitrogen and oxygen atoms in total. The van der Waals surface area contributed by atoms with Gasteiger partial charge in [-0.05, 0) is 43.4 Å². The Labute approximate surface area is 132 Å². The van der Waals surface area contributed by atoms with Crippen LogP contribution in [0.3, 0.4) is 0 Å². The molecule has 4 heteroatoms. The van der Waals surface area contributed by atoms with E-state index in [4.69, 9.17) is 0 Å². The summed E-state index contributed by atoms with van der Waals surface area (Å²) in [5.41, 5.74) is 2.95. The number of hydrogen-bond acceptors (Lipinski definition) is 2. The summed E-state index contributed by atoms with van der Waals surface area (Å²) in [6, 6.07) is 7.77. The van der Waals surface area contributed by atoms with Crippen molar-refractivity contribution in [3.63, 3.8) is 0 Å². The van der Waals surface area contributed by atoms with Gasteiger partial charge in [-0.1, -0.05) is 32.9 Å². The van der Waals surface area contributed by atoms with Gasteiger partial charge in [-0.25, -0.2) is 4.98 Å². The van der Waals surface area contributed by atoms with Crippen molar-refractivity contribution < 1.29 is 4.79 Å². The predicted molar refractivity (Wildman–Crippen MR) is 88.8 cm³/mol. The highest BCUT2D eigenvalue weighted by atomic mass is 16.1. The van der Waals surface area contributed by atoms with Crippen LogP contribution in [0.1, 0.15) is 60.7 Å². The van der Waals surface area contributed by atoms with Crippen LogP contribution in [0, 0.1) is 12.8 Å². The highest BCUT2D eigenvalue weighted by molar-refractivity contribution is 5.94. The molecule has 22 heavy (non-hydrogen) atoms. The molecule has 2 rings (SSSR count). The normalized spacial score (nSPS) is 12.4. The number of carbonyl (C=O) groups is 1. The number of aromatic nitrogens is 2. The van der Waals surface area contributed by atoms with Crippen molar-refractivity contribution in [1.82, 2.24) is 15.3 Å². The Bertz CT molecular complexity index is 614. The number of carbonyl (C=O) groups excluding carboxylic acids is 1. The Morgan fingerprint density at radius 2 is 1.95 bits per heavy atom. The highest BCUT2D eigenvalue weighted by Crippen LogP contribution is 2.15. The quantitative estimate of drug-likeness (QED) is 0.852. The minimum atomic E-state index is -0.0865. The summed E-state index contributed by atoms with van der Waals surface area (Å²) in [5, 5.41) is 3.04. The van der Waals surface area contributed by atoms with E-state index in [0.29, 0.717) is 11.5 Å². The van der Waals surface area contributed by atoms with Gasteiger partial charge in [0.15, 0.2) is 0 Å². The number of imidazole rings is 1. The van der Waals surface area contributed by atoms with Gasteiger partial charge >= 0.3 is 0 Å². The van der Waals surface area contributed by atoms with E-state index in [1.165, 1.54) is 5.56 Å². The van der Waals surface area contributed by atoms with Gasteiger partial charge in [-0.3, -0.25) is 4.79 Å². The lowest BCUT2D eigenvalue weighted by molar-refractivity contribution is 0.0934. The van der Waals surface area contributed by atoms with Crippen molar-refractivity contribution in [2.24, 2.45) is 5.92 Å². The van der Waals surface area contributed by atoms with Crippen LogP contribution < -0.4 is 5.32 Å². The molecule has 0 aliphatic rings. The number of rotatable bonds is 6. The van der Waals surface area contributed by atoms with Crippen molar-refractivity contribution in [2.45, 2.75) is 46.6 Å². The van der Waals surface area contributed by atoms with Gasteiger partial charge in [0.1, 0.15) is 5.82 Å². The maximum absolute atomic E-state index is 12.4. The van der Waals surface area contributed by atoms with Crippen LogP contribution >= 0.6 is 0 Å². The lowest BCUT2D eigenvalue weighted by atomic mass is 10.0. The zero-order chi connectivity index (χ0) is 16.1. The maximum Gasteiger partial charge on any atom is 0.251 e. The van der Waals surface area contributed by atoms with Crippen LogP contribution in [0.25, 0.3) is 0 Å². The van der Waals surface area contributed by atoms with E-state index in [-0.39, 0.29) is 11.9 Å². The van der Waals surface area contributed by atoms with Crippen molar-refractivity contribution in [1.29, 1.82) is 0 Å². The lowest BCUT2D eigenvalue weighted by Gasteiger charge is -2.15. The summed E-state index contributed by atoms with van der Waals surface area (Å²) >= 11 is 0. The standard InChI is InChI=1S/C18H25N3O/c1-5-16(17-19-11-13(4)20-17)21-18(22)15-8-6-14(7-9-15)10-12(2)3/h6-9,11-12,16H,5,10H2,1-4H3,(H,19,20)(H,21,22). The van der Waals surface area contributed by atoms with Gasteiger partial charge in [-0.2, -0.15) is 0 Å². The molecule has 0 saturated heterocycles. The number of benzene rings is 1. The molecule has 0 fully saturated rings. The zero-order valence-corrected chi connectivity index (χ0v) is 13.8. The number of hydrogen-bond donors (Lipinski definition) is 2. The van der Waals surface area contributed by atoms with Crippen molar-refractivity contribution >= 4 is 5.91 Å². The first kappa shape index (κ1) is 16.3. The molecule has 1 aromatic heterocycles. The molecule has 1 amide bonds. The number of nitrogens with one attached hydrogen (secondary N) is 2. The van der Waals surface area contributed by atoms with Crippen LogP contribution in [0.2, 0.25) is 0 Å². The van der Waals surface area contributed by atoms with Crippen LogP contribution in [0.15, 0.2) is 30.5 Å².